The summed E-state index contributed by atoms with van der Waals surface area (Å²) in [5, 5.41) is 10.5. The molecule has 100 valence electrons. The number of nitrogens with zero attached hydrogens (tertiary/aromatic N) is 2. The molecule has 2 heterocycles. The fourth-order valence-electron chi connectivity index (χ4n) is 1.97. The van der Waals surface area contributed by atoms with Gasteiger partial charge in [0.2, 0.25) is 0 Å². The van der Waals surface area contributed by atoms with Crippen molar-refractivity contribution in [2.45, 2.75) is 6.54 Å². The Morgan fingerprint density at radius 3 is 2.70 bits per heavy atom. The molecule has 5 heteroatoms. The van der Waals surface area contributed by atoms with Crippen LogP contribution in [0.15, 0.2) is 59.5 Å². The molecule has 2 aromatic heterocycles. The van der Waals surface area contributed by atoms with Crippen molar-refractivity contribution in [2.24, 2.45) is 0 Å². The second-order valence-electron chi connectivity index (χ2n) is 4.37. The molecule has 1 aromatic carbocycles. The van der Waals surface area contributed by atoms with Gasteiger partial charge in [0, 0.05) is 40.2 Å². The van der Waals surface area contributed by atoms with Crippen LogP contribution in [0, 0.1) is 0 Å². The highest BCUT2D eigenvalue weighted by molar-refractivity contribution is 9.10. The summed E-state index contributed by atoms with van der Waals surface area (Å²) in [5.74, 6) is 0. The second-order valence-corrected chi connectivity index (χ2v) is 5.29. The Kier molecular flexibility index (Phi) is 3.78. The van der Waals surface area contributed by atoms with E-state index in [1.807, 2.05) is 48.8 Å². The fraction of sp³-hybridized carbons (Fsp3) is 0.0667. The number of nitrogens with one attached hydrogen (secondary N) is 2. The molecule has 3 rings (SSSR count). The van der Waals surface area contributed by atoms with Gasteiger partial charge in [0.15, 0.2) is 0 Å². The standard InChI is InChI=1S/C15H13BrN4/c16-13-3-5-14(6-4-13)18-9-12-10-19-20-15(12)11-2-1-7-17-8-11/h1-8,10,18H,9H2,(H,19,20). The molecule has 0 unspecified atom stereocenters. The summed E-state index contributed by atoms with van der Waals surface area (Å²) in [6.45, 7) is 0.711. The first-order valence-corrected chi connectivity index (χ1v) is 7.04. The molecule has 2 N–H and O–H groups in total. The van der Waals surface area contributed by atoms with Crippen molar-refractivity contribution in [2.75, 3.05) is 5.32 Å². The molecule has 4 nitrogen and oxygen atoms in total. The van der Waals surface area contributed by atoms with Gasteiger partial charge in [-0.2, -0.15) is 5.10 Å². The Morgan fingerprint density at radius 2 is 1.95 bits per heavy atom. The van der Waals surface area contributed by atoms with E-state index in [0.717, 1.165) is 27.0 Å². The van der Waals surface area contributed by atoms with E-state index in [2.05, 4.69) is 36.4 Å². The predicted octanol–water partition coefficient (Wildman–Crippen LogP) is 3.85. The summed E-state index contributed by atoms with van der Waals surface area (Å²) in [4.78, 5) is 4.14. The number of hydrogen-bond acceptors (Lipinski definition) is 3. The summed E-state index contributed by atoms with van der Waals surface area (Å²) >= 11 is 3.43. The SMILES string of the molecule is Brc1ccc(NCc2cn[nH]c2-c2cccnc2)cc1. The van der Waals surface area contributed by atoms with E-state index in [1.165, 1.54) is 0 Å². The maximum Gasteiger partial charge on any atom is 0.0715 e. The van der Waals surface area contributed by atoms with Crippen molar-refractivity contribution < 1.29 is 0 Å². The Bertz CT molecular complexity index is 677. The average molecular weight is 329 g/mol. The van der Waals surface area contributed by atoms with E-state index in [1.54, 1.807) is 6.20 Å². The smallest absolute Gasteiger partial charge is 0.0715 e. The number of rotatable bonds is 4. The zero-order chi connectivity index (χ0) is 13.8. The molecule has 0 fully saturated rings. The van der Waals surface area contributed by atoms with Crippen LogP contribution in [0.2, 0.25) is 0 Å². The van der Waals surface area contributed by atoms with Crippen LogP contribution < -0.4 is 5.32 Å². The minimum Gasteiger partial charge on any atom is -0.381 e. The maximum atomic E-state index is 4.14. The van der Waals surface area contributed by atoms with Gasteiger partial charge in [0.05, 0.1) is 11.9 Å². The first kappa shape index (κ1) is 12.9. The first-order valence-electron chi connectivity index (χ1n) is 6.25. The average Bonchev–Trinajstić information content (AvgIpc) is 2.96. The number of anilines is 1. The number of benzene rings is 1. The van der Waals surface area contributed by atoms with E-state index >= 15 is 0 Å². The minimum absolute atomic E-state index is 0.711. The van der Waals surface area contributed by atoms with Crippen molar-refractivity contribution in [3.05, 3.63) is 65.0 Å². The molecule has 0 aliphatic heterocycles. The van der Waals surface area contributed by atoms with Crippen LogP contribution >= 0.6 is 15.9 Å². The lowest BCUT2D eigenvalue weighted by molar-refractivity contribution is 1.09. The van der Waals surface area contributed by atoms with Crippen molar-refractivity contribution in [3.8, 4) is 11.3 Å². The van der Waals surface area contributed by atoms with Crippen molar-refractivity contribution in [1.29, 1.82) is 0 Å². The molecule has 0 aliphatic carbocycles. The zero-order valence-electron chi connectivity index (χ0n) is 10.7. The third-order valence-electron chi connectivity index (χ3n) is 3.00. The van der Waals surface area contributed by atoms with Gasteiger partial charge in [-0.15, -0.1) is 0 Å². The maximum absolute atomic E-state index is 4.14. The summed E-state index contributed by atoms with van der Waals surface area (Å²) in [5.41, 5.74) is 4.23. The normalized spacial score (nSPS) is 10.4. The Morgan fingerprint density at radius 1 is 1.10 bits per heavy atom. The molecule has 0 atom stereocenters. The van der Waals surface area contributed by atoms with Crippen LogP contribution in [-0.2, 0) is 6.54 Å². The molecular weight excluding hydrogens is 316 g/mol. The molecule has 0 bridgehead atoms. The highest BCUT2D eigenvalue weighted by Crippen LogP contribution is 2.21. The topological polar surface area (TPSA) is 53.6 Å². The Balaban J connectivity index is 1.76. The van der Waals surface area contributed by atoms with Gasteiger partial charge in [0.25, 0.3) is 0 Å². The Hall–Kier alpha value is -2.14. The number of hydrogen-bond donors (Lipinski definition) is 2. The third-order valence-corrected chi connectivity index (χ3v) is 3.52. The van der Waals surface area contributed by atoms with E-state index in [9.17, 15) is 0 Å². The molecule has 0 saturated carbocycles. The van der Waals surface area contributed by atoms with Gasteiger partial charge in [-0.1, -0.05) is 15.9 Å². The van der Waals surface area contributed by atoms with E-state index in [-0.39, 0.29) is 0 Å². The summed E-state index contributed by atoms with van der Waals surface area (Å²) in [7, 11) is 0. The van der Waals surface area contributed by atoms with Gasteiger partial charge < -0.3 is 5.32 Å². The van der Waals surface area contributed by atoms with Crippen LogP contribution in [0.5, 0.6) is 0 Å². The largest absolute Gasteiger partial charge is 0.381 e. The summed E-state index contributed by atoms with van der Waals surface area (Å²) < 4.78 is 1.07. The number of halogens is 1. The minimum atomic E-state index is 0.711. The Labute approximate surface area is 125 Å². The lowest BCUT2D eigenvalue weighted by atomic mass is 10.1. The molecule has 20 heavy (non-hydrogen) atoms. The molecule has 0 amide bonds. The van der Waals surface area contributed by atoms with Crippen molar-refractivity contribution in [1.82, 2.24) is 15.2 Å². The van der Waals surface area contributed by atoms with Crippen LogP contribution in [0.1, 0.15) is 5.56 Å². The second kappa shape index (κ2) is 5.88. The van der Waals surface area contributed by atoms with Gasteiger partial charge in [0.1, 0.15) is 0 Å². The molecule has 0 aliphatic rings. The number of pyridine rings is 1. The highest BCUT2D eigenvalue weighted by atomic mass is 79.9. The van der Waals surface area contributed by atoms with Crippen molar-refractivity contribution >= 4 is 21.6 Å². The van der Waals surface area contributed by atoms with Crippen LogP contribution in [-0.4, -0.2) is 15.2 Å². The predicted molar refractivity (Wildman–Crippen MR) is 83.3 cm³/mol. The van der Waals surface area contributed by atoms with Gasteiger partial charge in [-0.05, 0) is 36.4 Å². The lowest BCUT2D eigenvalue weighted by Crippen LogP contribution is -1.99. The van der Waals surface area contributed by atoms with Gasteiger partial charge in [-0.25, -0.2) is 0 Å². The molecule has 0 radical (unpaired) electrons. The molecular formula is C15H13BrN4. The monoisotopic (exact) mass is 328 g/mol. The molecule has 3 aromatic rings. The summed E-state index contributed by atoms with van der Waals surface area (Å²) in [6, 6.07) is 12.0. The first-order chi connectivity index (χ1) is 9.83. The highest BCUT2D eigenvalue weighted by Gasteiger charge is 2.07. The van der Waals surface area contributed by atoms with Crippen molar-refractivity contribution in [3.63, 3.8) is 0 Å². The summed E-state index contributed by atoms with van der Waals surface area (Å²) in [6.07, 6.45) is 5.43. The fourth-order valence-corrected chi connectivity index (χ4v) is 2.24. The van der Waals surface area contributed by atoms with E-state index in [4.69, 9.17) is 0 Å². The van der Waals surface area contributed by atoms with E-state index in [0.29, 0.717) is 6.54 Å². The zero-order valence-corrected chi connectivity index (χ0v) is 12.3. The van der Waals surface area contributed by atoms with E-state index < -0.39 is 0 Å². The number of H-pyrrole nitrogens is 1. The third kappa shape index (κ3) is 2.88. The lowest BCUT2D eigenvalue weighted by Gasteiger charge is -2.07. The number of aromatic amines is 1. The van der Waals surface area contributed by atoms with Crippen LogP contribution in [0.3, 0.4) is 0 Å². The van der Waals surface area contributed by atoms with Crippen LogP contribution in [0.4, 0.5) is 5.69 Å². The van der Waals surface area contributed by atoms with Gasteiger partial charge in [-0.3, -0.25) is 10.1 Å². The quantitative estimate of drug-likeness (QED) is 0.764. The molecule has 0 spiro atoms. The van der Waals surface area contributed by atoms with Gasteiger partial charge >= 0.3 is 0 Å². The van der Waals surface area contributed by atoms with Crippen LogP contribution in [0.25, 0.3) is 11.3 Å². The molecule has 0 saturated heterocycles. The number of aromatic nitrogens is 3.